The van der Waals surface area contributed by atoms with E-state index in [2.05, 4.69) is 5.32 Å². The van der Waals surface area contributed by atoms with E-state index in [1.807, 2.05) is 0 Å². The largest absolute Gasteiger partial charge is 0.481 e. The van der Waals surface area contributed by atoms with Crippen LogP contribution in [0.4, 0.5) is 0 Å². The second kappa shape index (κ2) is 6.30. The Balaban J connectivity index is 2.47. The van der Waals surface area contributed by atoms with E-state index in [1.54, 1.807) is 12.1 Å². The Bertz CT molecular complexity index is 565. The fourth-order valence-electron chi connectivity index (χ4n) is 1.39. The van der Waals surface area contributed by atoms with Crippen LogP contribution in [0, 0.1) is 0 Å². The maximum Gasteiger partial charge on any atom is 0.312 e. The molecule has 19 heavy (non-hydrogen) atoms. The fraction of sp³-hybridized carbons (Fsp3) is 0.273. The number of nitrogens with one attached hydrogen (secondary N) is 1. The van der Waals surface area contributed by atoms with Crippen molar-refractivity contribution in [3.63, 3.8) is 0 Å². The number of amides is 1. The number of sulfonamides is 1. The van der Waals surface area contributed by atoms with Crippen molar-refractivity contribution in [2.45, 2.75) is 17.7 Å². The summed E-state index contributed by atoms with van der Waals surface area (Å²) in [7, 11) is -3.70. The fourth-order valence-corrected chi connectivity index (χ4v) is 1.91. The van der Waals surface area contributed by atoms with Crippen molar-refractivity contribution in [2.75, 3.05) is 6.54 Å². The van der Waals surface area contributed by atoms with Gasteiger partial charge in [0.2, 0.25) is 15.9 Å². The highest BCUT2D eigenvalue weighted by atomic mass is 32.2. The van der Waals surface area contributed by atoms with Gasteiger partial charge in [0, 0.05) is 6.54 Å². The van der Waals surface area contributed by atoms with Crippen LogP contribution in [-0.4, -0.2) is 31.9 Å². The van der Waals surface area contributed by atoms with Crippen LogP contribution in [0.3, 0.4) is 0 Å². The molecule has 0 saturated heterocycles. The highest BCUT2D eigenvalue weighted by Gasteiger charge is 2.08. The summed E-state index contributed by atoms with van der Waals surface area (Å²) in [5.41, 5.74) is 0.808. The van der Waals surface area contributed by atoms with Crippen molar-refractivity contribution in [1.82, 2.24) is 5.32 Å². The highest BCUT2D eigenvalue weighted by Crippen LogP contribution is 2.08. The van der Waals surface area contributed by atoms with E-state index in [1.165, 1.54) is 12.1 Å². The summed E-state index contributed by atoms with van der Waals surface area (Å²) < 4.78 is 22.0. The molecule has 104 valence electrons. The number of carboxylic acids is 1. The molecule has 1 aromatic carbocycles. The van der Waals surface area contributed by atoms with Crippen LogP contribution in [0.25, 0.3) is 0 Å². The molecule has 1 rings (SSSR count). The Morgan fingerprint density at radius 1 is 1.21 bits per heavy atom. The van der Waals surface area contributed by atoms with Gasteiger partial charge in [0.25, 0.3) is 0 Å². The summed E-state index contributed by atoms with van der Waals surface area (Å²) in [6.07, 6.45) is -0.0966. The van der Waals surface area contributed by atoms with Crippen LogP contribution in [-0.2, 0) is 26.0 Å². The molecule has 1 aromatic rings. The van der Waals surface area contributed by atoms with Crippen LogP contribution < -0.4 is 10.5 Å². The minimum atomic E-state index is -3.70. The smallest absolute Gasteiger partial charge is 0.312 e. The predicted molar refractivity (Wildman–Crippen MR) is 66.8 cm³/mol. The van der Waals surface area contributed by atoms with Crippen LogP contribution in [0.15, 0.2) is 29.2 Å². The number of carbonyl (C=O) groups is 2. The van der Waals surface area contributed by atoms with Crippen LogP contribution in [0.2, 0.25) is 0 Å². The van der Waals surface area contributed by atoms with E-state index in [9.17, 15) is 18.0 Å². The van der Waals surface area contributed by atoms with Crippen LogP contribution >= 0.6 is 0 Å². The Morgan fingerprint density at radius 3 is 2.26 bits per heavy atom. The molecule has 0 heterocycles. The summed E-state index contributed by atoms with van der Waals surface area (Å²) >= 11 is 0. The number of aliphatic carboxylic acids is 1. The van der Waals surface area contributed by atoms with Gasteiger partial charge in [-0.3, -0.25) is 9.59 Å². The monoisotopic (exact) mass is 286 g/mol. The molecule has 4 N–H and O–H groups in total. The van der Waals surface area contributed by atoms with Gasteiger partial charge in [-0.1, -0.05) is 12.1 Å². The standard InChI is InChI=1S/C11H14N2O5S/c12-19(17,18)9-3-1-8(2-4-9)5-6-13-10(14)7-11(15)16/h1-4H,5-7H2,(H,13,14)(H,15,16)(H2,12,17,18). The second-order valence-electron chi connectivity index (χ2n) is 3.86. The SMILES string of the molecule is NS(=O)(=O)c1ccc(CCNC(=O)CC(=O)O)cc1. The third-order valence-corrected chi connectivity index (χ3v) is 3.23. The molecule has 0 aromatic heterocycles. The molecule has 0 radical (unpaired) electrons. The van der Waals surface area contributed by atoms with E-state index >= 15 is 0 Å². The third kappa shape index (κ3) is 5.49. The van der Waals surface area contributed by atoms with Gasteiger partial charge in [-0.15, -0.1) is 0 Å². The number of rotatable bonds is 6. The maximum atomic E-state index is 11.0. The molecule has 0 atom stereocenters. The summed E-state index contributed by atoms with van der Waals surface area (Å²) in [6, 6.07) is 5.93. The molecule has 0 fully saturated rings. The average molecular weight is 286 g/mol. The van der Waals surface area contributed by atoms with Gasteiger partial charge in [0.05, 0.1) is 4.90 Å². The minimum Gasteiger partial charge on any atom is -0.481 e. The van der Waals surface area contributed by atoms with E-state index in [0.717, 1.165) is 5.56 Å². The Morgan fingerprint density at radius 2 is 1.79 bits per heavy atom. The zero-order chi connectivity index (χ0) is 14.5. The van der Waals surface area contributed by atoms with Gasteiger partial charge >= 0.3 is 5.97 Å². The third-order valence-electron chi connectivity index (χ3n) is 2.30. The molecule has 0 aliphatic carbocycles. The Hall–Kier alpha value is -1.93. The number of benzene rings is 1. The molecule has 0 saturated carbocycles. The highest BCUT2D eigenvalue weighted by molar-refractivity contribution is 7.89. The van der Waals surface area contributed by atoms with Gasteiger partial charge in [-0.05, 0) is 24.1 Å². The quantitative estimate of drug-likeness (QED) is 0.606. The van der Waals surface area contributed by atoms with Crippen molar-refractivity contribution in [3.8, 4) is 0 Å². The van der Waals surface area contributed by atoms with Gasteiger partial charge in [0.1, 0.15) is 6.42 Å². The number of hydrogen-bond donors (Lipinski definition) is 3. The summed E-state index contributed by atoms with van der Waals surface area (Å²) in [5, 5.41) is 15.8. The zero-order valence-electron chi connectivity index (χ0n) is 10.00. The number of nitrogens with two attached hydrogens (primary N) is 1. The molecule has 0 spiro atoms. The summed E-state index contributed by atoms with van der Waals surface area (Å²) in [4.78, 5) is 21.3. The lowest BCUT2D eigenvalue weighted by molar-refractivity contribution is -0.140. The van der Waals surface area contributed by atoms with E-state index < -0.39 is 28.3 Å². The minimum absolute atomic E-state index is 0.0196. The van der Waals surface area contributed by atoms with Gasteiger partial charge in [-0.2, -0.15) is 0 Å². The normalized spacial score (nSPS) is 11.0. The molecule has 0 aliphatic rings. The lowest BCUT2D eigenvalue weighted by Gasteiger charge is -2.04. The van der Waals surface area contributed by atoms with Gasteiger partial charge in [0.15, 0.2) is 0 Å². The first-order chi connectivity index (χ1) is 8.79. The molecule has 0 aliphatic heterocycles. The molecular formula is C11H14N2O5S. The number of primary sulfonamides is 1. The number of carboxylic acid groups (broad SMARTS) is 1. The first kappa shape index (κ1) is 15.1. The first-order valence-corrected chi connectivity index (χ1v) is 6.94. The van der Waals surface area contributed by atoms with Gasteiger partial charge < -0.3 is 10.4 Å². The summed E-state index contributed by atoms with van der Waals surface area (Å²) in [6.45, 7) is 0.279. The van der Waals surface area contributed by atoms with Crippen molar-refractivity contribution >= 4 is 21.9 Å². The van der Waals surface area contributed by atoms with Crippen LogP contribution in [0.5, 0.6) is 0 Å². The van der Waals surface area contributed by atoms with E-state index in [-0.39, 0.29) is 11.4 Å². The van der Waals surface area contributed by atoms with Crippen molar-refractivity contribution in [3.05, 3.63) is 29.8 Å². The zero-order valence-corrected chi connectivity index (χ0v) is 10.8. The second-order valence-corrected chi connectivity index (χ2v) is 5.42. The number of carbonyl (C=O) groups excluding carboxylic acids is 1. The molecule has 1 amide bonds. The molecule has 0 unspecified atom stereocenters. The predicted octanol–water partition coefficient (Wildman–Crippen LogP) is -0.533. The lowest BCUT2D eigenvalue weighted by Crippen LogP contribution is -2.27. The number of hydrogen-bond acceptors (Lipinski definition) is 4. The summed E-state index contributed by atoms with van der Waals surface area (Å²) in [5.74, 6) is -1.75. The molecular weight excluding hydrogens is 272 g/mol. The Labute approximate surface area is 110 Å². The average Bonchev–Trinajstić information content (AvgIpc) is 2.27. The molecule has 8 heteroatoms. The maximum absolute atomic E-state index is 11.0. The van der Waals surface area contributed by atoms with Crippen molar-refractivity contribution in [1.29, 1.82) is 0 Å². The van der Waals surface area contributed by atoms with E-state index in [4.69, 9.17) is 10.2 Å². The molecule has 0 bridgehead atoms. The van der Waals surface area contributed by atoms with Crippen molar-refractivity contribution in [2.24, 2.45) is 5.14 Å². The molecule has 7 nitrogen and oxygen atoms in total. The van der Waals surface area contributed by atoms with Gasteiger partial charge in [-0.25, -0.2) is 13.6 Å². The topological polar surface area (TPSA) is 127 Å². The van der Waals surface area contributed by atoms with E-state index in [0.29, 0.717) is 6.42 Å². The van der Waals surface area contributed by atoms with Crippen molar-refractivity contribution < 1.29 is 23.1 Å². The first-order valence-electron chi connectivity index (χ1n) is 5.39. The lowest BCUT2D eigenvalue weighted by atomic mass is 10.1. The van der Waals surface area contributed by atoms with Crippen LogP contribution in [0.1, 0.15) is 12.0 Å². The Kier molecular flexibility index (Phi) is 5.02.